The number of H-pyrrole nitrogens is 1. The number of thioether (sulfide) groups is 1. The molecule has 2 rings (SSSR count). The predicted molar refractivity (Wildman–Crippen MR) is 89.9 cm³/mol. The average molecular weight is 388 g/mol. The molecule has 0 amide bonds. The van der Waals surface area contributed by atoms with E-state index < -0.39 is 0 Å². The van der Waals surface area contributed by atoms with Gasteiger partial charge in [-0.1, -0.05) is 24.8 Å². The minimum absolute atomic E-state index is 0.171. The van der Waals surface area contributed by atoms with Crippen LogP contribution in [0, 0.1) is 0 Å². The molecule has 1 aromatic carbocycles. The van der Waals surface area contributed by atoms with Crippen molar-refractivity contribution in [3.8, 4) is 11.5 Å². The Morgan fingerprint density at radius 1 is 1.36 bits per heavy atom. The Morgan fingerprint density at radius 2 is 2.14 bits per heavy atom. The molecule has 0 fully saturated rings. The second kappa shape index (κ2) is 7.73. The van der Waals surface area contributed by atoms with Crippen LogP contribution in [0.15, 0.2) is 26.6 Å². The van der Waals surface area contributed by atoms with E-state index >= 15 is 0 Å². The lowest BCUT2D eigenvalue weighted by Gasteiger charge is -2.12. The van der Waals surface area contributed by atoms with Crippen LogP contribution in [0.5, 0.6) is 11.5 Å². The van der Waals surface area contributed by atoms with Crippen LogP contribution in [0.1, 0.15) is 18.9 Å². The highest BCUT2D eigenvalue weighted by Crippen LogP contribution is 2.39. The third-order valence-electron chi connectivity index (χ3n) is 3.09. The lowest BCUT2D eigenvalue weighted by molar-refractivity contribution is 0.353. The highest BCUT2D eigenvalue weighted by molar-refractivity contribution is 9.10. The summed E-state index contributed by atoms with van der Waals surface area (Å²) in [5, 5.41) is 7.25. The average Bonchev–Trinajstić information content (AvgIpc) is 2.87. The first-order valence-corrected chi connectivity index (χ1v) is 8.57. The number of aromatic nitrogens is 3. The number of aromatic amines is 1. The van der Waals surface area contributed by atoms with Crippen molar-refractivity contribution >= 4 is 27.7 Å². The smallest absolute Gasteiger partial charge is 0.343 e. The minimum Gasteiger partial charge on any atom is -0.493 e. The SMILES string of the molecule is CCCn1c(SCc2ccc(OC)c(OC)c2Br)n[nH]c1=O. The van der Waals surface area contributed by atoms with Crippen LogP contribution in [0.3, 0.4) is 0 Å². The van der Waals surface area contributed by atoms with Gasteiger partial charge in [0, 0.05) is 12.3 Å². The van der Waals surface area contributed by atoms with Gasteiger partial charge < -0.3 is 9.47 Å². The van der Waals surface area contributed by atoms with E-state index in [0.29, 0.717) is 29.0 Å². The van der Waals surface area contributed by atoms with Crippen molar-refractivity contribution in [2.24, 2.45) is 0 Å². The summed E-state index contributed by atoms with van der Waals surface area (Å²) in [7, 11) is 3.21. The van der Waals surface area contributed by atoms with Crippen molar-refractivity contribution in [3.63, 3.8) is 0 Å². The lowest BCUT2D eigenvalue weighted by atomic mass is 10.2. The van der Waals surface area contributed by atoms with Gasteiger partial charge in [-0.2, -0.15) is 0 Å². The summed E-state index contributed by atoms with van der Waals surface area (Å²) < 4.78 is 13.1. The Balaban J connectivity index is 2.20. The van der Waals surface area contributed by atoms with Crippen molar-refractivity contribution in [2.45, 2.75) is 30.8 Å². The van der Waals surface area contributed by atoms with E-state index in [2.05, 4.69) is 26.1 Å². The molecule has 0 bridgehead atoms. The monoisotopic (exact) mass is 387 g/mol. The molecule has 0 radical (unpaired) electrons. The molecule has 1 heterocycles. The van der Waals surface area contributed by atoms with Gasteiger partial charge in [-0.25, -0.2) is 9.89 Å². The van der Waals surface area contributed by atoms with E-state index in [1.807, 2.05) is 19.1 Å². The van der Waals surface area contributed by atoms with Gasteiger partial charge in [0.2, 0.25) is 0 Å². The van der Waals surface area contributed by atoms with Gasteiger partial charge in [0.05, 0.1) is 18.7 Å². The molecule has 120 valence electrons. The highest BCUT2D eigenvalue weighted by atomic mass is 79.9. The maximum atomic E-state index is 11.7. The third-order valence-corrected chi connectivity index (χ3v) is 4.99. The lowest BCUT2D eigenvalue weighted by Crippen LogP contribution is -2.17. The molecule has 6 nitrogen and oxygen atoms in total. The summed E-state index contributed by atoms with van der Waals surface area (Å²) in [4.78, 5) is 11.7. The predicted octanol–water partition coefficient (Wildman–Crippen LogP) is 3.05. The van der Waals surface area contributed by atoms with E-state index in [-0.39, 0.29) is 5.69 Å². The first-order chi connectivity index (χ1) is 10.6. The van der Waals surface area contributed by atoms with Crippen molar-refractivity contribution in [1.82, 2.24) is 14.8 Å². The molecule has 0 aliphatic carbocycles. The zero-order chi connectivity index (χ0) is 16.1. The molecule has 0 atom stereocenters. The Kier molecular flexibility index (Phi) is 5.96. The van der Waals surface area contributed by atoms with Gasteiger partial charge in [-0.15, -0.1) is 5.10 Å². The summed E-state index contributed by atoms with van der Waals surface area (Å²) in [5.74, 6) is 1.99. The van der Waals surface area contributed by atoms with E-state index in [4.69, 9.17) is 9.47 Å². The van der Waals surface area contributed by atoms with Gasteiger partial charge in [0.1, 0.15) is 0 Å². The molecular weight excluding hydrogens is 370 g/mol. The third kappa shape index (κ3) is 3.49. The minimum atomic E-state index is -0.171. The number of benzene rings is 1. The Hall–Kier alpha value is -1.41. The fourth-order valence-corrected chi connectivity index (χ4v) is 3.80. The quantitative estimate of drug-likeness (QED) is 0.739. The fraction of sp³-hybridized carbons (Fsp3) is 0.429. The zero-order valence-electron chi connectivity index (χ0n) is 12.7. The second-order valence-corrected chi connectivity index (χ2v) is 6.26. The first-order valence-electron chi connectivity index (χ1n) is 6.79. The van der Waals surface area contributed by atoms with Gasteiger partial charge in [0.25, 0.3) is 0 Å². The van der Waals surface area contributed by atoms with Gasteiger partial charge in [0.15, 0.2) is 16.7 Å². The fourth-order valence-electron chi connectivity index (χ4n) is 2.02. The van der Waals surface area contributed by atoms with E-state index in [0.717, 1.165) is 16.5 Å². The molecule has 8 heteroatoms. The summed E-state index contributed by atoms with van der Waals surface area (Å²) in [5.41, 5.74) is 0.872. The number of nitrogens with one attached hydrogen (secondary N) is 1. The van der Waals surface area contributed by atoms with Crippen molar-refractivity contribution in [2.75, 3.05) is 14.2 Å². The van der Waals surface area contributed by atoms with Crippen LogP contribution in [0.2, 0.25) is 0 Å². The van der Waals surface area contributed by atoms with Gasteiger partial charge in [-0.3, -0.25) is 4.57 Å². The molecule has 0 unspecified atom stereocenters. The van der Waals surface area contributed by atoms with E-state index in [1.165, 1.54) is 11.8 Å². The van der Waals surface area contributed by atoms with Crippen LogP contribution in [-0.2, 0) is 12.3 Å². The molecule has 0 spiro atoms. The second-order valence-electron chi connectivity index (χ2n) is 4.53. The maximum Gasteiger partial charge on any atom is 0.343 e. The Bertz CT molecular complexity index is 699. The number of hydrogen-bond acceptors (Lipinski definition) is 5. The van der Waals surface area contributed by atoms with Crippen LogP contribution < -0.4 is 15.2 Å². The van der Waals surface area contributed by atoms with E-state index in [9.17, 15) is 4.79 Å². The van der Waals surface area contributed by atoms with Gasteiger partial charge in [-0.05, 0) is 34.0 Å². The molecule has 0 saturated carbocycles. The van der Waals surface area contributed by atoms with Crippen LogP contribution >= 0.6 is 27.7 Å². The molecular formula is C14H18BrN3O3S. The molecule has 0 saturated heterocycles. The normalized spacial score (nSPS) is 10.7. The Morgan fingerprint density at radius 3 is 2.77 bits per heavy atom. The number of nitrogens with zero attached hydrogens (tertiary/aromatic N) is 2. The molecule has 2 aromatic rings. The zero-order valence-corrected chi connectivity index (χ0v) is 15.1. The number of methoxy groups -OCH3 is 2. The summed E-state index contributed by atoms with van der Waals surface area (Å²) in [6, 6.07) is 3.83. The molecule has 1 N–H and O–H groups in total. The first kappa shape index (κ1) is 17.0. The molecule has 0 aliphatic rings. The van der Waals surface area contributed by atoms with Gasteiger partial charge >= 0.3 is 5.69 Å². The number of hydrogen-bond donors (Lipinski definition) is 1. The van der Waals surface area contributed by atoms with Crippen molar-refractivity contribution in [3.05, 3.63) is 32.7 Å². The standard InChI is InChI=1S/C14H18BrN3O3S/c1-4-7-18-13(19)16-17-14(18)22-8-9-5-6-10(20-2)12(21-3)11(9)15/h5-6H,4,7-8H2,1-3H3,(H,16,19). The maximum absolute atomic E-state index is 11.7. The van der Waals surface area contributed by atoms with Crippen molar-refractivity contribution < 1.29 is 9.47 Å². The largest absolute Gasteiger partial charge is 0.493 e. The Labute approximate surface area is 141 Å². The topological polar surface area (TPSA) is 69.1 Å². The molecule has 1 aromatic heterocycles. The van der Waals surface area contributed by atoms with Crippen LogP contribution in [0.25, 0.3) is 0 Å². The summed E-state index contributed by atoms with van der Waals surface area (Å²) >= 11 is 5.05. The summed E-state index contributed by atoms with van der Waals surface area (Å²) in [6.07, 6.45) is 0.882. The van der Waals surface area contributed by atoms with Crippen molar-refractivity contribution in [1.29, 1.82) is 0 Å². The number of rotatable bonds is 7. The number of ether oxygens (including phenoxy) is 2. The van der Waals surface area contributed by atoms with E-state index in [1.54, 1.807) is 18.8 Å². The highest BCUT2D eigenvalue weighted by Gasteiger charge is 2.14. The van der Waals surface area contributed by atoms with Crippen LogP contribution in [-0.4, -0.2) is 29.0 Å². The summed E-state index contributed by atoms with van der Waals surface area (Å²) in [6.45, 7) is 2.68. The molecule has 22 heavy (non-hydrogen) atoms. The van der Waals surface area contributed by atoms with Crippen LogP contribution in [0.4, 0.5) is 0 Å². The number of halogens is 1. The molecule has 0 aliphatic heterocycles.